The van der Waals surface area contributed by atoms with Gasteiger partial charge in [-0.3, -0.25) is 14.9 Å². The van der Waals surface area contributed by atoms with Crippen molar-refractivity contribution in [2.75, 3.05) is 32.5 Å². The topological polar surface area (TPSA) is 100 Å². The first-order valence-corrected chi connectivity index (χ1v) is 6.83. The smallest absolute Gasteiger partial charge is 0.300 e. The molecule has 1 amide bonds. The van der Waals surface area contributed by atoms with Crippen LogP contribution in [-0.4, -0.2) is 53.9 Å². The van der Waals surface area contributed by atoms with Gasteiger partial charge in [-0.1, -0.05) is 0 Å². The summed E-state index contributed by atoms with van der Waals surface area (Å²) >= 11 is 0. The Labute approximate surface area is 122 Å². The monoisotopic (exact) mass is 293 g/mol. The van der Waals surface area contributed by atoms with Gasteiger partial charge in [-0.25, -0.2) is 4.98 Å². The molecule has 0 atom stereocenters. The number of nitrogens with one attached hydrogen (secondary N) is 2. The molecule has 8 heteroatoms. The molecule has 1 aliphatic carbocycles. The van der Waals surface area contributed by atoms with E-state index >= 15 is 0 Å². The summed E-state index contributed by atoms with van der Waals surface area (Å²) in [5, 5.41) is 16.4. The summed E-state index contributed by atoms with van der Waals surface area (Å²) < 4.78 is 0. The molecule has 0 unspecified atom stereocenters. The Morgan fingerprint density at radius 2 is 2.29 bits per heavy atom. The first-order chi connectivity index (χ1) is 10.0. The van der Waals surface area contributed by atoms with Gasteiger partial charge in [0.1, 0.15) is 17.6 Å². The van der Waals surface area contributed by atoms with Crippen LogP contribution >= 0.6 is 0 Å². The summed E-state index contributed by atoms with van der Waals surface area (Å²) in [6.07, 6.45) is 3.49. The van der Waals surface area contributed by atoms with Gasteiger partial charge in [0.05, 0.1) is 4.92 Å². The highest BCUT2D eigenvalue weighted by atomic mass is 16.6. The Balaban J connectivity index is 2.00. The van der Waals surface area contributed by atoms with E-state index in [1.165, 1.54) is 18.9 Å². The average molecular weight is 293 g/mol. The van der Waals surface area contributed by atoms with E-state index in [0.29, 0.717) is 18.4 Å². The molecule has 1 fully saturated rings. The van der Waals surface area contributed by atoms with Crippen LogP contribution in [0.15, 0.2) is 12.3 Å². The summed E-state index contributed by atoms with van der Waals surface area (Å²) in [6, 6.07) is 2.01. The van der Waals surface area contributed by atoms with E-state index in [0.717, 1.165) is 12.7 Å². The van der Waals surface area contributed by atoms with Gasteiger partial charge >= 0.3 is 0 Å². The standard InChI is InChI=1S/C13H19N5O3/c1-14-12-7-10(11(8-16-12)18(20)21)13(19)15-5-6-17(2)9-3-4-9/h7-9H,3-6H2,1-2H3,(H,14,16)(H,15,19). The van der Waals surface area contributed by atoms with Crippen LogP contribution in [0.1, 0.15) is 23.2 Å². The number of aromatic nitrogens is 1. The van der Waals surface area contributed by atoms with Gasteiger partial charge < -0.3 is 15.5 Å². The van der Waals surface area contributed by atoms with Crippen molar-refractivity contribution in [3.05, 3.63) is 27.9 Å². The van der Waals surface area contributed by atoms with Crippen molar-refractivity contribution in [2.24, 2.45) is 0 Å². The van der Waals surface area contributed by atoms with Crippen LogP contribution in [0.2, 0.25) is 0 Å². The number of amides is 1. The van der Waals surface area contributed by atoms with Gasteiger partial charge in [0.2, 0.25) is 0 Å². The summed E-state index contributed by atoms with van der Waals surface area (Å²) in [7, 11) is 3.65. The largest absolute Gasteiger partial charge is 0.373 e. The lowest BCUT2D eigenvalue weighted by atomic mass is 10.2. The molecule has 0 radical (unpaired) electrons. The van der Waals surface area contributed by atoms with Crippen LogP contribution < -0.4 is 10.6 Å². The van der Waals surface area contributed by atoms with Crippen molar-refractivity contribution in [1.82, 2.24) is 15.2 Å². The maximum Gasteiger partial charge on any atom is 0.300 e. The SMILES string of the molecule is CNc1cc(C(=O)NCCN(C)C2CC2)c([N+](=O)[O-])cn1. The molecular formula is C13H19N5O3. The number of rotatable bonds is 7. The summed E-state index contributed by atoms with van der Waals surface area (Å²) in [6.45, 7) is 1.19. The molecule has 0 aromatic carbocycles. The minimum atomic E-state index is -0.600. The first-order valence-electron chi connectivity index (χ1n) is 6.83. The molecule has 0 saturated heterocycles. The minimum absolute atomic E-state index is 0.0217. The Hall–Kier alpha value is -2.22. The summed E-state index contributed by atoms with van der Waals surface area (Å²) in [5.41, 5.74) is -0.268. The fourth-order valence-corrected chi connectivity index (χ4v) is 2.05. The molecular weight excluding hydrogens is 274 g/mol. The normalized spacial score (nSPS) is 14.0. The highest BCUT2D eigenvalue weighted by molar-refractivity contribution is 5.98. The fourth-order valence-electron chi connectivity index (χ4n) is 2.05. The molecule has 0 aliphatic heterocycles. The third kappa shape index (κ3) is 3.88. The number of nitro groups is 1. The third-order valence-electron chi connectivity index (χ3n) is 3.50. The summed E-state index contributed by atoms with van der Waals surface area (Å²) in [5.74, 6) is -0.0364. The second-order valence-corrected chi connectivity index (χ2v) is 5.06. The van der Waals surface area contributed by atoms with Crippen LogP contribution in [0.3, 0.4) is 0 Å². The number of carbonyl (C=O) groups excluding carboxylic acids is 1. The molecule has 2 rings (SSSR count). The maximum atomic E-state index is 12.1. The predicted octanol–water partition coefficient (Wildman–Crippen LogP) is 0.855. The number of likely N-dealkylation sites (N-methyl/N-ethyl adjacent to an activating group) is 1. The Morgan fingerprint density at radius 1 is 1.57 bits per heavy atom. The quantitative estimate of drug-likeness (QED) is 0.571. The third-order valence-corrected chi connectivity index (χ3v) is 3.50. The molecule has 114 valence electrons. The van der Waals surface area contributed by atoms with Crippen molar-refractivity contribution in [2.45, 2.75) is 18.9 Å². The lowest BCUT2D eigenvalue weighted by Gasteiger charge is -2.15. The number of nitrogens with zero attached hydrogens (tertiary/aromatic N) is 3. The lowest BCUT2D eigenvalue weighted by Crippen LogP contribution is -2.34. The number of hydrogen-bond acceptors (Lipinski definition) is 6. The van der Waals surface area contributed by atoms with Gasteiger partial charge in [0.15, 0.2) is 0 Å². The average Bonchev–Trinajstić information content (AvgIpc) is 3.30. The fraction of sp³-hybridized carbons (Fsp3) is 0.538. The van der Waals surface area contributed by atoms with Gasteiger partial charge in [-0.2, -0.15) is 0 Å². The van der Waals surface area contributed by atoms with Gasteiger partial charge in [0.25, 0.3) is 11.6 Å². The molecule has 8 nitrogen and oxygen atoms in total. The molecule has 1 heterocycles. The molecule has 1 aromatic heterocycles. The minimum Gasteiger partial charge on any atom is -0.373 e. The number of hydrogen-bond donors (Lipinski definition) is 2. The highest BCUT2D eigenvalue weighted by Crippen LogP contribution is 2.24. The Kier molecular flexibility index (Phi) is 4.69. The van der Waals surface area contributed by atoms with Crippen LogP contribution in [0, 0.1) is 10.1 Å². The molecule has 1 aliphatic rings. The van der Waals surface area contributed by atoms with E-state index in [9.17, 15) is 14.9 Å². The van der Waals surface area contributed by atoms with E-state index in [2.05, 4.69) is 20.5 Å². The molecule has 1 saturated carbocycles. The van der Waals surface area contributed by atoms with Crippen LogP contribution in [0.5, 0.6) is 0 Å². The Morgan fingerprint density at radius 3 is 2.86 bits per heavy atom. The van der Waals surface area contributed by atoms with Gasteiger partial charge in [0, 0.05) is 32.2 Å². The lowest BCUT2D eigenvalue weighted by molar-refractivity contribution is -0.385. The van der Waals surface area contributed by atoms with E-state index in [1.54, 1.807) is 7.05 Å². The van der Waals surface area contributed by atoms with E-state index in [4.69, 9.17) is 0 Å². The second kappa shape index (κ2) is 6.49. The molecule has 0 spiro atoms. The number of anilines is 1. The number of pyridine rings is 1. The van der Waals surface area contributed by atoms with Crippen molar-refractivity contribution < 1.29 is 9.72 Å². The van der Waals surface area contributed by atoms with Crippen LogP contribution in [0.25, 0.3) is 0 Å². The zero-order chi connectivity index (χ0) is 15.4. The van der Waals surface area contributed by atoms with Crippen molar-refractivity contribution in [1.29, 1.82) is 0 Å². The molecule has 21 heavy (non-hydrogen) atoms. The first kappa shape index (κ1) is 15.2. The predicted molar refractivity (Wildman–Crippen MR) is 78.4 cm³/mol. The second-order valence-electron chi connectivity index (χ2n) is 5.06. The zero-order valence-corrected chi connectivity index (χ0v) is 12.1. The highest BCUT2D eigenvalue weighted by Gasteiger charge is 2.26. The van der Waals surface area contributed by atoms with Crippen molar-refractivity contribution in [3.63, 3.8) is 0 Å². The van der Waals surface area contributed by atoms with E-state index in [1.807, 2.05) is 7.05 Å². The summed E-state index contributed by atoms with van der Waals surface area (Å²) in [4.78, 5) is 28.5. The van der Waals surface area contributed by atoms with Gasteiger partial charge in [-0.15, -0.1) is 0 Å². The molecule has 2 N–H and O–H groups in total. The van der Waals surface area contributed by atoms with E-state index < -0.39 is 10.8 Å². The Bertz CT molecular complexity index is 545. The van der Waals surface area contributed by atoms with Crippen molar-refractivity contribution in [3.8, 4) is 0 Å². The van der Waals surface area contributed by atoms with Gasteiger partial charge in [-0.05, 0) is 19.9 Å². The van der Waals surface area contributed by atoms with Crippen LogP contribution in [-0.2, 0) is 0 Å². The molecule has 1 aromatic rings. The van der Waals surface area contributed by atoms with Crippen molar-refractivity contribution >= 4 is 17.4 Å². The van der Waals surface area contributed by atoms with Crippen LogP contribution in [0.4, 0.5) is 11.5 Å². The van der Waals surface area contributed by atoms with E-state index in [-0.39, 0.29) is 11.3 Å². The zero-order valence-electron chi connectivity index (χ0n) is 12.1. The molecule has 0 bridgehead atoms. The number of carbonyl (C=O) groups is 1. The maximum absolute atomic E-state index is 12.1.